The van der Waals surface area contributed by atoms with Gasteiger partial charge in [0.05, 0.1) is 33.0 Å². The molecule has 34 heavy (non-hydrogen) atoms. The van der Waals surface area contributed by atoms with Crippen molar-refractivity contribution in [3.63, 3.8) is 0 Å². The van der Waals surface area contributed by atoms with Gasteiger partial charge in [0.15, 0.2) is 15.8 Å². The van der Waals surface area contributed by atoms with Gasteiger partial charge in [-0.2, -0.15) is 5.10 Å². The number of nitrogens with zero attached hydrogens (tertiary/aromatic N) is 3. The van der Waals surface area contributed by atoms with Crippen LogP contribution in [0.3, 0.4) is 0 Å². The molecule has 9 nitrogen and oxygen atoms in total. The van der Waals surface area contributed by atoms with Gasteiger partial charge in [0.2, 0.25) is 6.79 Å². The van der Waals surface area contributed by atoms with Crippen molar-refractivity contribution < 1.29 is 19.2 Å². The number of nitro groups is 1. The summed E-state index contributed by atoms with van der Waals surface area (Å²) >= 11 is 3.30. The summed E-state index contributed by atoms with van der Waals surface area (Å²) in [6, 6.07) is 17.9. The molecular weight excluding hydrogens is 476 g/mol. The Labute approximate surface area is 201 Å². The molecule has 0 atom stereocenters. The van der Waals surface area contributed by atoms with Crippen molar-refractivity contribution in [2.45, 2.75) is 10.1 Å². The smallest absolute Gasteiger partial charge is 0.282 e. The third kappa shape index (κ3) is 4.70. The molecule has 0 saturated heterocycles. The maximum Gasteiger partial charge on any atom is 0.282 e. The van der Waals surface area contributed by atoms with E-state index in [2.05, 4.69) is 21.6 Å². The molecule has 1 aromatic heterocycles. The number of hydrazone groups is 1. The monoisotopic (exact) mass is 492 g/mol. The van der Waals surface area contributed by atoms with Gasteiger partial charge in [-0.3, -0.25) is 14.9 Å². The summed E-state index contributed by atoms with van der Waals surface area (Å²) < 4.78 is 12.6. The first-order valence-corrected chi connectivity index (χ1v) is 11.9. The zero-order chi connectivity index (χ0) is 23.5. The first-order chi connectivity index (χ1) is 16.6. The maximum absolute atomic E-state index is 12.4. The van der Waals surface area contributed by atoms with Gasteiger partial charge in [-0.15, -0.1) is 11.3 Å². The maximum atomic E-state index is 12.4. The van der Waals surface area contributed by atoms with Gasteiger partial charge in [0.1, 0.15) is 0 Å². The normalized spacial score (nSPS) is 12.4. The number of rotatable bonds is 7. The van der Waals surface area contributed by atoms with Gasteiger partial charge in [0.25, 0.3) is 11.6 Å². The van der Waals surface area contributed by atoms with Gasteiger partial charge < -0.3 is 9.47 Å². The molecule has 0 spiro atoms. The molecule has 1 aliphatic heterocycles. The number of fused-ring (bicyclic) bond motifs is 2. The standard InChI is InChI=1S/C23H16N4O5S2/c28-22(26-24-11-16-9-19-20(32-13-31-19)10-18(16)27(29)30)15-7-5-14(6-8-15)12-33-23-25-17-3-1-2-4-21(17)34-23/h1-11H,12-13H2,(H,26,28)/b24-11+. The molecule has 1 N–H and O–H groups in total. The lowest BCUT2D eigenvalue weighted by atomic mass is 10.1. The molecule has 5 rings (SSSR count). The molecule has 0 fully saturated rings. The van der Waals surface area contributed by atoms with E-state index in [4.69, 9.17) is 9.47 Å². The van der Waals surface area contributed by atoms with Crippen molar-refractivity contribution in [1.82, 2.24) is 10.4 Å². The van der Waals surface area contributed by atoms with Crippen LogP contribution in [0.4, 0.5) is 5.69 Å². The van der Waals surface area contributed by atoms with E-state index in [1.807, 2.05) is 30.3 Å². The predicted molar refractivity (Wildman–Crippen MR) is 130 cm³/mol. The molecule has 0 aliphatic carbocycles. The van der Waals surface area contributed by atoms with Crippen molar-refractivity contribution in [2.24, 2.45) is 5.10 Å². The Morgan fingerprint density at radius 1 is 1.18 bits per heavy atom. The van der Waals surface area contributed by atoms with Gasteiger partial charge in [-0.25, -0.2) is 10.4 Å². The Kier molecular flexibility index (Phi) is 6.11. The molecule has 11 heteroatoms. The number of nitro benzene ring substituents is 1. The van der Waals surface area contributed by atoms with Crippen molar-refractivity contribution in [1.29, 1.82) is 0 Å². The zero-order valence-electron chi connectivity index (χ0n) is 17.5. The Morgan fingerprint density at radius 2 is 1.94 bits per heavy atom. The first kappa shape index (κ1) is 21.9. The fraction of sp³-hybridized carbons (Fsp3) is 0.0870. The SMILES string of the molecule is O=C(N/N=C/c1cc2c(cc1[N+](=O)[O-])OCO2)c1ccc(CSc2nc3ccccc3s2)cc1. The lowest BCUT2D eigenvalue weighted by Gasteiger charge is -2.03. The molecule has 0 bridgehead atoms. The number of hydrogen-bond acceptors (Lipinski definition) is 9. The molecule has 170 valence electrons. The largest absolute Gasteiger partial charge is 0.454 e. The Morgan fingerprint density at radius 3 is 2.71 bits per heavy atom. The summed E-state index contributed by atoms with van der Waals surface area (Å²) in [5.74, 6) is 0.991. The number of hydrogen-bond donors (Lipinski definition) is 1. The third-order valence-corrected chi connectivity index (χ3v) is 7.19. The van der Waals surface area contributed by atoms with E-state index in [9.17, 15) is 14.9 Å². The quantitative estimate of drug-likeness (QED) is 0.167. The van der Waals surface area contributed by atoms with Crippen LogP contribution >= 0.6 is 23.1 Å². The Balaban J connectivity index is 1.20. The minimum Gasteiger partial charge on any atom is -0.454 e. The second kappa shape index (κ2) is 9.49. The molecule has 2 heterocycles. The average molecular weight is 493 g/mol. The number of carbonyl (C=O) groups excluding carboxylic acids is 1. The molecule has 0 radical (unpaired) electrons. The summed E-state index contributed by atoms with van der Waals surface area (Å²) in [7, 11) is 0. The van der Waals surface area contributed by atoms with E-state index >= 15 is 0 Å². The van der Waals surface area contributed by atoms with Crippen LogP contribution in [0.5, 0.6) is 11.5 Å². The summed E-state index contributed by atoms with van der Waals surface area (Å²) in [4.78, 5) is 27.8. The number of nitrogens with one attached hydrogen (secondary N) is 1. The van der Waals surface area contributed by atoms with Gasteiger partial charge in [-0.05, 0) is 35.9 Å². The summed E-state index contributed by atoms with van der Waals surface area (Å²) in [6.45, 7) is -0.00107. The number of amides is 1. The minimum atomic E-state index is -0.545. The second-order valence-corrected chi connectivity index (χ2v) is 9.41. The van der Waals surface area contributed by atoms with Gasteiger partial charge in [0, 0.05) is 11.3 Å². The van der Waals surface area contributed by atoms with Gasteiger partial charge >= 0.3 is 0 Å². The van der Waals surface area contributed by atoms with Crippen LogP contribution in [0.2, 0.25) is 0 Å². The number of thioether (sulfide) groups is 1. The lowest BCUT2D eigenvalue weighted by molar-refractivity contribution is -0.385. The van der Waals surface area contributed by atoms with E-state index in [1.165, 1.54) is 18.3 Å². The molecule has 0 unspecified atom stereocenters. The van der Waals surface area contributed by atoms with Crippen LogP contribution in [0.15, 0.2) is 70.1 Å². The molecule has 4 aromatic rings. The number of thiazole rings is 1. The van der Waals surface area contributed by atoms with E-state index in [1.54, 1.807) is 35.2 Å². The van der Waals surface area contributed by atoms with Crippen molar-refractivity contribution >= 4 is 51.1 Å². The number of para-hydroxylation sites is 1. The highest BCUT2D eigenvalue weighted by Gasteiger charge is 2.22. The number of benzene rings is 3. The van der Waals surface area contributed by atoms with Crippen molar-refractivity contribution in [2.75, 3.05) is 6.79 Å². The number of ether oxygens (including phenoxy) is 2. The van der Waals surface area contributed by atoms with E-state index in [-0.39, 0.29) is 18.0 Å². The van der Waals surface area contributed by atoms with E-state index < -0.39 is 10.8 Å². The van der Waals surface area contributed by atoms with Crippen molar-refractivity contribution in [3.05, 3.63) is 87.5 Å². The highest BCUT2D eigenvalue weighted by atomic mass is 32.2. The molecule has 1 aliphatic rings. The van der Waals surface area contributed by atoms with Crippen LogP contribution in [0, 0.1) is 10.1 Å². The van der Waals surface area contributed by atoms with Crippen LogP contribution in [-0.4, -0.2) is 28.8 Å². The predicted octanol–water partition coefficient (Wildman–Crippen LogP) is 4.99. The number of carbonyl (C=O) groups is 1. The fourth-order valence-electron chi connectivity index (χ4n) is 3.24. The lowest BCUT2D eigenvalue weighted by Crippen LogP contribution is -2.17. The summed E-state index contributed by atoms with van der Waals surface area (Å²) in [5.41, 5.74) is 4.86. The highest BCUT2D eigenvalue weighted by molar-refractivity contribution is 8.00. The zero-order valence-corrected chi connectivity index (χ0v) is 19.1. The Bertz CT molecular complexity index is 1390. The Hall–Kier alpha value is -3.96. The molecular formula is C23H16N4O5S2. The van der Waals surface area contributed by atoms with E-state index in [0.717, 1.165) is 25.9 Å². The van der Waals surface area contributed by atoms with Crippen LogP contribution in [0.1, 0.15) is 21.5 Å². The second-order valence-electron chi connectivity index (χ2n) is 7.15. The average Bonchev–Trinajstić information content (AvgIpc) is 3.48. The van der Waals surface area contributed by atoms with Crippen LogP contribution < -0.4 is 14.9 Å². The summed E-state index contributed by atoms with van der Waals surface area (Å²) in [6.07, 6.45) is 1.21. The number of aromatic nitrogens is 1. The molecule has 0 saturated carbocycles. The van der Waals surface area contributed by atoms with Crippen molar-refractivity contribution in [3.8, 4) is 11.5 Å². The summed E-state index contributed by atoms with van der Waals surface area (Å²) in [5, 5.41) is 15.2. The first-order valence-electron chi connectivity index (χ1n) is 10.1. The van der Waals surface area contributed by atoms with Crippen LogP contribution in [0.25, 0.3) is 10.2 Å². The van der Waals surface area contributed by atoms with Gasteiger partial charge in [-0.1, -0.05) is 36.0 Å². The van der Waals surface area contributed by atoms with Crippen LogP contribution in [-0.2, 0) is 5.75 Å². The fourth-order valence-corrected chi connectivity index (χ4v) is 5.27. The topological polar surface area (TPSA) is 116 Å². The molecule has 3 aromatic carbocycles. The highest BCUT2D eigenvalue weighted by Crippen LogP contribution is 2.37. The minimum absolute atomic E-state index is 0.00107. The molecule has 1 amide bonds. The van der Waals surface area contributed by atoms with E-state index in [0.29, 0.717) is 17.1 Å². The third-order valence-electron chi connectivity index (χ3n) is 4.94.